The van der Waals surface area contributed by atoms with Crippen LogP contribution in [-0.2, 0) is 22.2 Å². The van der Waals surface area contributed by atoms with Gasteiger partial charge < -0.3 is 15.1 Å². The van der Waals surface area contributed by atoms with Crippen LogP contribution in [-0.4, -0.2) is 86.6 Å². The second kappa shape index (κ2) is 10.8. The molecule has 146 valence electrons. The molecule has 0 bridgehead atoms. The molecule has 1 aromatic heterocycles. The Morgan fingerprint density at radius 1 is 1.19 bits per heavy atom. The largest absolute Gasteiger partial charge is 0.341 e. The van der Waals surface area contributed by atoms with Crippen LogP contribution in [0.4, 0.5) is 0 Å². The summed E-state index contributed by atoms with van der Waals surface area (Å²) in [5, 5.41) is 3.01. The first-order valence-electron chi connectivity index (χ1n) is 8.26. The zero-order valence-electron chi connectivity index (χ0n) is 15.6. The summed E-state index contributed by atoms with van der Waals surface area (Å²) in [5.41, 5.74) is 0.778. The molecule has 1 heterocycles. The standard InChI is InChI=1S/C16H27N5O4S/c1-5-21(9-8-19(2)3)15(22)12-17-11-14-10-13(6-7-18-14)16(23)20(4)26(24)25/h6-7,10,17,26H,5,8-9,11-12H2,1-4H3. The molecule has 10 heteroatoms. The van der Waals surface area contributed by atoms with Crippen LogP contribution in [0.1, 0.15) is 23.0 Å². The summed E-state index contributed by atoms with van der Waals surface area (Å²) >= 11 is 0. The molecule has 0 aliphatic heterocycles. The maximum Gasteiger partial charge on any atom is 0.267 e. The van der Waals surface area contributed by atoms with Gasteiger partial charge in [0.05, 0.1) is 12.2 Å². The number of hydrogen-bond acceptors (Lipinski definition) is 7. The van der Waals surface area contributed by atoms with E-state index in [2.05, 4.69) is 10.3 Å². The van der Waals surface area contributed by atoms with E-state index in [1.165, 1.54) is 25.4 Å². The van der Waals surface area contributed by atoms with Gasteiger partial charge in [0.1, 0.15) is 0 Å². The predicted molar refractivity (Wildman–Crippen MR) is 99.2 cm³/mol. The maximum absolute atomic E-state index is 12.2. The fourth-order valence-electron chi connectivity index (χ4n) is 2.16. The molecular formula is C16H27N5O4S. The minimum absolute atomic E-state index is 0.00957. The van der Waals surface area contributed by atoms with Crippen molar-refractivity contribution in [2.45, 2.75) is 13.5 Å². The summed E-state index contributed by atoms with van der Waals surface area (Å²) in [5.74, 6) is -0.633. The SMILES string of the molecule is CCN(CCN(C)C)C(=O)CNCc1cc(C(=O)N(C)[SH](=O)=O)ccn1. The number of pyridine rings is 1. The van der Waals surface area contributed by atoms with Gasteiger partial charge in [0, 0.05) is 45.0 Å². The van der Waals surface area contributed by atoms with Gasteiger partial charge >= 0.3 is 0 Å². The highest BCUT2D eigenvalue weighted by Crippen LogP contribution is 2.05. The first-order valence-corrected chi connectivity index (χ1v) is 9.39. The second-order valence-electron chi connectivity index (χ2n) is 5.98. The number of thiol groups is 1. The highest BCUT2D eigenvalue weighted by Gasteiger charge is 2.15. The fraction of sp³-hybridized carbons (Fsp3) is 0.562. The van der Waals surface area contributed by atoms with Gasteiger partial charge in [-0.15, -0.1) is 0 Å². The van der Waals surface area contributed by atoms with E-state index in [-0.39, 0.29) is 18.0 Å². The zero-order valence-corrected chi connectivity index (χ0v) is 16.5. The molecule has 0 saturated carbocycles. The van der Waals surface area contributed by atoms with Gasteiger partial charge in [0.25, 0.3) is 5.91 Å². The molecule has 0 aromatic carbocycles. The predicted octanol–water partition coefficient (Wildman–Crippen LogP) is -0.820. The first kappa shape index (κ1) is 22.0. The van der Waals surface area contributed by atoms with Crippen molar-refractivity contribution in [1.29, 1.82) is 0 Å². The number of amides is 2. The molecule has 1 rings (SSSR count). The van der Waals surface area contributed by atoms with E-state index in [0.717, 1.165) is 6.54 Å². The van der Waals surface area contributed by atoms with E-state index in [4.69, 9.17) is 0 Å². The molecule has 0 aliphatic carbocycles. The van der Waals surface area contributed by atoms with Gasteiger partial charge in [0.15, 0.2) is 0 Å². The van der Waals surface area contributed by atoms with Crippen LogP contribution in [0.2, 0.25) is 0 Å². The molecule has 0 unspecified atom stereocenters. The van der Waals surface area contributed by atoms with Crippen molar-refractivity contribution in [2.75, 3.05) is 47.3 Å². The molecule has 9 nitrogen and oxygen atoms in total. The number of aromatic nitrogens is 1. The average Bonchev–Trinajstić information content (AvgIpc) is 2.60. The van der Waals surface area contributed by atoms with Crippen LogP contribution in [0.15, 0.2) is 18.3 Å². The Hall–Kier alpha value is -2.04. The Morgan fingerprint density at radius 2 is 1.88 bits per heavy atom. The Morgan fingerprint density at radius 3 is 2.46 bits per heavy atom. The van der Waals surface area contributed by atoms with E-state index >= 15 is 0 Å². The van der Waals surface area contributed by atoms with Crippen LogP contribution >= 0.6 is 0 Å². The smallest absolute Gasteiger partial charge is 0.267 e. The molecule has 0 aliphatic rings. The third kappa shape index (κ3) is 7.06. The van der Waals surface area contributed by atoms with Gasteiger partial charge in [-0.05, 0) is 33.2 Å². The van der Waals surface area contributed by atoms with Crippen molar-refractivity contribution in [3.63, 3.8) is 0 Å². The number of hydrogen-bond donors (Lipinski definition) is 2. The molecule has 1 aromatic rings. The lowest BCUT2D eigenvalue weighted by molar-refractivity contribution is -0.130. The minimum Gasteiger partial charge on any atom is -0.341 e. The van der Waals surface area contributed by atoms with Crippen molar-refractivity contribution < 1.29 is 18.0 Å². The van der Waals surface area contributed by atoms with Crippen LogP contribution in [0.25, 0.3) is 0 Å². The summed E-state index contributed by atoms with van der Waals surface area (Å²) in [7, 11) is 2.13. The Balaban J connectivity index is 2.59. The molecule has 26 heavy (non-hydrogen) atoms. The highest BCUT2D eigenvalue weighted by molar-refractivity contribution is 7.70. The van der Waals surface area contributed by atoms with Crippen molar-refractivity contribution in [2.24, 2.45) is 0 Å². The monoisotopic (exact) mass is 385 g/mol. The number of rotatable bonds is 10. The van der Waals surface area contributed by atoms with E-state index in [0.29, 0.717) is 29.6 Å². The van der Waals surface area contributed by atoms with Crippen LogP contribution in [0, 0.1) is 0 Å². The van der Waals surface area contributed by atoms with Gasteiger partial charge in [-0.25, -0.2) is 12.7 Å². The lowest BCUT2D eigenvalue weighted by Crippen LogP contribution is -2.41. The number of likely N-dealkylation sites (N-methyl/N-ethyl adjacent to an activating group) is 2. The summed E-state index contributed by atoms with van der Waals surface area (Å²) in [6, 6.07) is 2.96. The average molecular weight is 385 g/mol. The lowest BCUT2D eigenvalue weighted by atomic mass is 10.2. The first-order chi connectivity index (χ1) is 12.3. The minimum atomic E-state index is -2.98. The topological polar surface area (TPSA) is 103 Å². The molecule has 0 spiro atoms. The van der Waals surface area contributed by atoms with Crippen molar-refractivity contribution in [3.05, 3.63) is 29.6 Å². The lowest BCUT2D eigenvalue weighted by Gasteiger charge is -2.23. The number of nitrogens with one attached hydrogen (secondary N) is 1. The maximum atomic E-state index is 12.2. The van der Waals surface area contributed by atoms with Crippen LogP contribution in [0.5, 0.6) is 0 Å². The molecule has 0 radical (unpaired) electrons. The number of carbonyl (C=O) groups is 2. The quantitative estimate of drug-likeness (QED) is 0.507. The molecular weight excluding hydrogens is 358 g/mol. The second-order valence-corrected chi connectivity index (χ2v) is 7.06. The van der Waals surface area contributed by atoms with Crippen molar-refractivity contribution in [1.82, 2.24) is 24.4 Å². The van der Waals surface area contributed by atoms with E-state index < -0.39 is 16.8 Å². The molecule has 0 atom stereocenters. The van der Waals surface area contributed by atoms with Crippen molar-refractivity contribution >= 4 is 22.7 Å². The van der Waals surface area contributed by atoms with E-state index in [1.54, 1.807) is 4.90 Å². The van der Waals surface area contributed by atoms with Crippen molar-refractivity contribution in [3.8, 4) is 0 Å². The summed E-state index contributed by atoms with van der Waals surface area (Å²) in [6.07, 6.45) is 1.44. The molecule has 2 amide bonds. The van der Waals surface area contributed by atoms with Crippen LogP contribution < -0.4 is 5.32 Å². The number of carbonyl (C=O) groups excluding carboxylic acids is 2. The molecule has 1 N–H and O–H groups in total. The molecule has 0 fully saturated rings. The van der Waals surface area contributed by atoms with E-state index in [9.17, 15) is 18.0 Å². The fourth-order valence-corrected chi connectivity index (χ4v) is 2.42. The van der Waals surface area contributed by atoms with Gasteiger partial charge in [-0.3, -0.25) is 14.6 Å². The number of nitrogens with zero attached hydrogens (tertiary/aromatic N) is 4. The van der Waals surface area contributed by atoms with Gasteiger partial charge in [0.2, 0.25) is 16.8 Å². The van der Waals surface area contributed by atoms with E-state index in [1.807, 2.05) is 25.9 Å². The Bertz CT molecular complexity index is 685. The third-order valence-corrected chi connectivity index (χ3v) is 4.41. The van der Waals surface area contributed by atoms with Crippen LogP contribution in [0.3, 0.4) is 0 Å². The normalized spacial score (nSPS) is 11.0. The van der Waals surface area contributed by atoms with Gasteiger partial charge in [-0.2, -0.15) is 0 Å². The Labute approximate surface area is 156 Å². The summed E-state index contributed by atoms with van der Waals surface area (Å²) in [6.45, 7) is 4.48. The zero-order chi connectivity index (χ0) is 19.7. The summed E-state index contributed by atoms with van der Waals surface area (Å²) < 4.78 is 22.5. The molecule has 0 saturated heterocycles. The van der Waals surface area contributed by atoms with Gasteiger partial charge in [-0.1, -0.05) is 0 Å². The third-order valence-electron chi connectivity index (χ3n) is 3.74. The summed E-state index contributed by atoms with van der Waals surface area (Å²) in [4.78, 5) is 32.1. The Kier molecular flexibility index (Phi) is 9.17. The highest BCUT2D eigenvalue weighted by atomic mass is 32.2.